The number of rotatable bonds is 6. The van der Waals surface area contributed by atoms with E-state index in [0.717, 1.165) is 11.3 Å². The van der Waals surface area contributed by atoms with Gasteiger partial charge >= 0.3 is 0 Å². The number of ketones is 1. The fourth-order valence-electron chi connectivity index (χ4n) is 2.94. The van der Waals surface area contributed by atoms with Gasteiger partial charge in [-0.15, -0.1) is 0 Å². The third kappa shape index (κ3) is 3.94. The summed E-state index contributed by atoms with van der Waals surface area (Å²) in [5.74, 6) is 0.148. The van der Waals surface area contributed by atoms with Gasteiger partial charge in [0.05, 0.1) is 6.04 Å². The summed E-state index contributed by atoms with van der Waals surface area (Å²) >= 11 is 0. The quantitative estimate of drug-likeness (QED) is 0.741. The van der Waals surface area contributed by atoms with Gasteiger partial charge in [0, 0.05) is 17.8 Å². The van der Waals surface area contributed by atoms with Gasteiger partial charge in [-0.2, -0.15) is 0 Å². The predicted octanol–water partition coefficient (Wildman–Crippen LogP) is 5.06. The van der Waals surface area contributed by atoms with Crippen LogP contribution in [0.3, 0.4) is 0 Å². The van der Waals surface area contributed by atoms with E-state index in [-0.39, 0.29) is 11.8 Å². The van der Waals surface area contributed by atoms with Gasteiger partial charge in [-0.3, -0.25) is 4.79 Å². The van der Waals surface area contributed by atoms with Crippen LogP contribution in [0.4, 0.5) is 0 Å². The average Bonchev–Trinajstić information content (AvgIpc) is 2.53. The fourth-order valence-corrected chi connectivity index (χ4v) is 2.94. The molecule has 0 aliphatic rings. The van der Waals surface area contributed by atoms with Crippen molar-refractivity contribution in [2.75, 3.05) is 0 Å². The molecule has 1 unspecified atom stereocenters. The molecule has 2 rings (SSSR count). The van der Waals surface area contributed by atoms with Crippen LogP contribution in [0.15, 0.2) is 49.0 Å². The Balaban J connectivity index is 2.40. The van der Waals surface area contributed by atoms with Crippen molar-refractivity contribution in [1.29, 1.82) is 0 Å². The summed E-state index contributed by atoms with van der Waals surface area (Å²) in [5, 5.41) is 0. The first-order valence-corrected chi connectivity index (χ1v) is 8.39. The van der Waals surface area contributed by atoms with Crippen molar-refractivity contribution < 1.29 is 4.79 Å². The molecule has 2 nitrogen and oxygen atoms in total. The minimum absolute atomic E-state index is 0.148. The summed E-state index contributed by atoms with van der Waals surface area (Å²) in [6.45, 7) is 14.9. The lowest BCUT2D eigenvalue weighted by Crippen LogP contribution is -2.36. The summed E-state index contributed by atoms with van der Waals surface area (Å²) in [7, 11) is 0. The number of carbonyl (C=O) groups is 1. The molecule has 2 aromatic carbocycles. The zero-order valence-corrected chi connectivity index (χ0v) is 15.4. The van der Waals surface area contributed by atoms with Gasteiger partial charge in [0.2, 0.25) is 0 Å². The minimum atomic E-state index is -0.210. The summed E-state index contributed by atoms with van der Waals surface area (Å²) in [5.41, 5.74) is 6.88. The van der Waals surface area contributed by atoms with Crippen LogP contribution in [0.1, 0.15) is 41.7 Å². The van der Waals surface area contributed by atoms with E-state index in [0.29, 0.717) is 6.54 Å². The lowest BCUT2D eigenvalue weighted by atomic mass is 10.0. The third-order valence-electron chi connectivity index (χ3n) is 4.70. The van der Waals surface area contributed by atoms with Crippen LogP contribution in [0.2, 0.25) is 0 Å². The van der Waals surface area contributed by atoms with E-state index >= 15 is 0 Å². The first-order chi connectivity index (χ1) is 11.3. The molecule has 0 spiro atoms. The maximum absolute atomic E-state index is 12.1. The zero-order chi connectivity index (χ0) is 17.9. The summed E-state index contributed by atoms with van der Waals surface area (Å²) in [4.78, 5) is 14.2. The molecule has 0 aliphatic heterocycles. The van der Waals surface area contributed by atoms with Gasteiger partial charge in [0.1, 0.15) is 0 Å². The van der Waals surface area contributed by atoms with E-state index in [4.69, 9.17) is 0 Å². The molecule has 0 aromatic heterocycles. The SMILES string of the molecule is C=C(c1ccccc1C)N(Cc1ccc(C)cc1C)C(C)C(C)=O. The van der Waals surface area contributed by atoms with Crippen molar-refractivity contribution in [3.63, 3.8) is 0 Å². The number of nitrogens with zero attached hydrogens (tertiary/aromatic N) is 1. The lowest BCUT2D eigenvalue weighted by Gasteiger charge is -2.33. The monoisotopic (exact) mass is 321 g/mol. The maximum Gasteiger partial charge on any atom is 0.151 e. The Morgan fingerprint density at radius 2 is 1.75 bits per heavy atom. The second-order valence-corrected chi connectivity index (χ2v) is 6.61. The van der Waals surface area contributed by atoms with Crippen LogP contribution in [-0.2, 0) is 11.3 Å². The van der Waals surface area contributed by atoms with Crippen molar-refractivity contribution in [3.05, 3.63) is 76.9 Å². The highest BCUT2D eigenvalue weighted by Gasteiger charge is 2.22. The largest absolute Gasteiger partial charge is 0.357 e. The summed E-state index contributed by atoms with van der Waals surface area (Å²) in [6, 6.07) is 14.4. The Morgan fingerprint density at radius 3 is 2.33 bits per heavy atom. The van der Waals surface area contributed by atoms with E-state index in [1.807, 2.05) is 19.1 Å². The van der Waals surface area contributed by atoms with Crippen LogP contribution in [0.5, 0.6) is 0 Å². The Hall–Kier alpha value is -2.35. The summed E-state index contributed by atoms with van der Waals surface area (Å²) in [6.07, 6.45) is 0. The smallest absolute Gasteiger partial charge is 0.151 e. The Morgan fingerprint density at radius 1 is 1.08 bits per heavy atom. The number of Topliss-reactive ketones (excluding diaryl/α,β-unsaturated/α-hetero) is 1. The molecule has 0 aliphatic carbocycles. The van der Waals surface area contributed by atoms with Crippen molar-refractivity contribution in [3.8, 4) is 0 Å². The number of benzene rings is 2. The minimum Gasteiger partial charge on any atom is -0.357 e. The van der Waals surface area contributed by atoms with Crippen LogP contribution in [-0.4, -0.2) is 16.7 Å². The molecule has 1 atom stereocenters. The number of aryl methyl sites for hydroxylation is 3. The molecule has 2 heteroatoms. The van der Waals surface area contributed by atoms with E-state index in [2.05, 4.69) is 62.6 Å². The standard InChI is InChI=1S/C22H27NO/c1-15-11-12-21(17(3)13-15)14-23(18(4)20(6)24)19(5)22-10-8-7-9-16(22)2/h7-13,18H,5,14H2,1-4,6H3. The van der Waals surface area contributed by atoms with E-state index in [9.17, 15) is 4.79 Å². The molecule has 0 amide bonds. The predicted molar refractivity (Wildman–Crippen MR) is 102 cm³/mol. The average molecular weight is 321 g/mol. The topological polar surface area (TPSA) is 20.3 Å². The van der Waals surface area contributed by atoms with Crippen molar-refractivity contribution >= 4 is 11.5 Å². The van der Waals surface area contributed by atoms with Crippen molar-refractivity contribution in [2.45, 2.75) is 47.2 Å². The van der Waals surface area contributed by atoms with Gasteiger partial charge in [-0.1, -0.05) is 54.6 Å². The first-order valence-electron chi connectivity index (χ1n) is 8.39. The van der Waals surface area contributed by atoms with Crippen LogP contribution >= 0.6 is 0 Å². The molecule has 0 saturated heterocycles. The fraction of sp³-hybridized carbons (Fsp3) is 0.318. The van der Waals surface area contributed by atoms with E-state index in [1.165, 1.54) is 22.3 Å². The molecule has 24 heavy (non-hydrogen) atoms. The van der Waals surface area contributed by atoms with Crippen LogP contribution in [0, 0.1) is 20.8 Å². The van der Waals surface area contributed by atoms with Gasteiger partial charge in [-0.25, -0.2) is 0 Å². The molecule has 0 bridgehead atoms. The molecule has 0 saturated carbocycles. The van der Waals surface area contributed by atoms with Crippen molar-refractivity contribution in [1.82, 2.24) is 4.90 Å². The third-order valence-corrected chi connectivity index (χ3v) is 4.70. The molecular formula is C22H27NO. The zero-order valence-electron chi connectivity index (χ0n) is 15.4. The lowest BCUT2D eigenvalue weighted by molar-refractivity contribution is -0.120. The molecule has 0 heterocycles. The molecule has 0 fully saturated rings. The second kappa shape index (κ2) is 7.48. The molecular weight excluding hydrogens is 294 g/mol. The van der Waals surface area contributed by atoms with Gasteiger partial charge in [-0.05, 0) is 51.3 Å². The van der Waals surface area contributed by atoms with E-state index in [1.54, 1.807) is 6.92 Å². The Kier molecular flexibility index (Phi) is 5.61. The number of hydrogen-bond acceptors (Lipinski definition) is 2. The van der Waals surface area contributed by atoms with Crippen molar-refractivity contribution in [2.24, 2.45) is 0 Å². The molecule has 2 aromatic rings. The Bertz CT molecular complexity index is 760. The van der Waals surface area contributed by atoms with Crippen LogP contribution < -0.4 is 0 Å². The molecule has 126 valence electrons. The molecule has 0 N–H and O–H groups in total. The highest BCUT2D eigenvalue weighted by molar-refractivity contribution is 5.83. The molecule has 0 radical (unpaired) electrons. The van der Waals surface area contributed by atoms with Gasteiger partial charge in [0.25, 0.3) is 0 Å². The first kappa shape index (κ1) is 18.0. The highest BCUT2D eigenvalue weighted by atomic mass is 16.1. The summed E-state index contributed by atoms with van der Waals surface area (Å²) < 4.78 is 0. The van der Waals surface area contributed by atoms with E-state index < -0.39 is 0 Å². The number of carbonyl (C=O) groups excluding carboxylic acids is 1. The second-order valence-electron chi connectivity index (χ2n) is 6.61. The Labute approximate surface area is 145 Å². The van der Waals surface area contributed by atoms with Gasteiger partial charge in [0.15, 0.2) is 5.78 Å². The number of hydrogen-bond donors (Lipinski definition) is 0. The van der Waals surface area contributed by atoms with Crippen LogP contribution in [0.25, 0.3) is 5.70 Å². The normalized spacial score (nSPS) is 11.9. The highest BCUT2D eigenvalue weighted by Crippen LogP contribution is 2.26. The maximum atomic E-state index is 12.1. The van der Waals surface area contributed by atoms with Gasteiger partial charge < -0.3 is 4.90 Å².